The molecule has 1 aromatic rings. The number of methoxy groups -OCH3 is 1. The summed E-state index contributed by atoms with van der Waals surface area (Å²) < 4.78 is 10.9. The molecule has 2 atom stereocenters. The predicted octanol–water partition coefficient (Wildman–Crippen LogP) is 4.59. The number of thioether (sulfide) groups is 1. The van der Waals surface area contributed by atoms with Crippen LogP contribution in [0.4, 0.5) is 0 Å². The first-order valence-electron chi connectivity index (χ1n) is 8.68. The molecule has 0 radical (unpaired) electrons. The van der Waals surface area contributed by atoms with Crippen molar-refractivity contribution in [1.29, 1.82) is 0 Å². The molecule has 1 rings (SSSR count). The monoisotopic (exact) mass is 367 g/mol. The van der Waals surface area contributed by atoms with Gasteiger partial charge in [-0.25, -0.2) is 0 Å². The number of carbonyl (C=O) groups excluding carboxylic acids is 1. The first-order valence-corrected chi connectivity index (χ1v) is 9.66. The molecule has 0 bridgehead atoms. The van der Waals surface area contributed by atoms with E-state index in [-0.39, 0.29) is 22.8 Å². The number of esters is 1. The predicted molar refractivity (Wildman–Crippen MR) is 106 cm³/mol. The van der Waals surface area contributed by atoms with Gasteiger partial charge < -0.3 is 9.47 Å². The topological polar surface area (TPSA) is 47.6 Å². The quantitative estimate of drug-likeness (QED) is 0.714. The van der Waals surface area contributed by atoms with Crippen LogP contribution in [0.2, 0.25) is 0 Å². The van der Waals surface area contributed by atoms with E-state index in [1.165, 1.54) is 0 Å². The highest BCUT2D eigenvalue weighted by atomic mass is 32.2. The van der Waals surface area contributed by atoms with Crippen LogP contribution in [0.25, 0.3) is 0 Å². The third-order valence-electron chi connectivity index (χ3n) is 3.41. The van der Waals surface area contributed by atoms with Crippen molar-refractivity contribution >= 4 is 17.7 Å². The summed E-state index contributed by atoms with van der Waals surface area (Å²) in [7, 11) is 1.66. The Bertz CT molecular complexity index is 544. The first kappa shape index (κ1) is 21.8. The second-order valence-corrected chi connectivity index (χ2v) is 10.0. The van der Waals surface area contributed by atoms with Crippen LogP contribution < -0.4 is 10.1 Å². The van der Waals surface area contributed by atoms with E-state index in [0.29, 0.717) is 0 Å². The zero-order chi connectivity index (χ0) is 19.3. The van der Waals surface area contributed by atoms with Crippen molar-refractivity contribution in [2.75, 3.05) is 12.9 Å². The smallest absolute Gasteiger partial charge is 0.323 e. The maximum absolute atomic E-state index is 12.3. The molecule has 5 heteroatoms. The molecular weight excluding hydrogens is 334 g/mol. The zero-order valence-electron chi connectivity index (χ0n) is 16.8. The number of benzene rings is 1. The Labute approximate surface area is 157 Å². The summed E-state index contributed by atoms with van der Waals surface area (Å²) in [5.41, 5.74) is 0.649. The van der Waals surface area contributed by atoms with Crippen LogP contribution in [0.5, 0.6) is 5.75 Å². The van der Waals surface area contributed by atoms with E-state index in [0.717, 1.165) is 17.1 Å². The minimum absolute atomic E-state index is 0.0534. The third-order valence-corrected chi connectivity index (χ3v) is 4.78. The SMILES string of the molecule is COc1ccc(C(CSC(C)(C)C)N[C@@H](C)C(=O)OC(C)(C)C)cc1. The molecule has 0 aromatic heterocycles. The van der Waals surface area contributed by atoms with E-state index in [1.807, 2.05) is 63.7 Å². The van der Waals surface area contributed by atoms with Crippen molar-refractivity contribution in [3.8, 4) is 5.75 Å². The summed E-state index contributed by atoms with van der Waals surface area (Å²) in [6, 6.07) is 7.65. The van der Waals surface area contributed by atoms with E-state index in [4.69, 9.17) is 9.47 Å². The van der Waals surface area contributed by atoms with Gasteiger partial charge in [0.25, 0.3) is 0 Å². The molecule has 142 valence electrons. The largest absolute Gasteiger partial charge is 0.497 e. The number of hydrogen-bond donors (Lipinski definition) is 1. The Morgan fingerprint density at radius 1 is 1.12 bits per heavy atom. The molecule has 0 spiro atoms. The molecule has 0 saturated carbocycles. The standard InChI is InChI=1S/C20H33NO3S/c1-14(18(22)24-19(2,3)4)21-17(13-25-20(5,6)7)15-9-11-16(23-8)12-10-15/h9-12,14,17,21H,13H2,1-8H3/t14-,17?/m0/s1. The zero-order valence-corrected chi connectivity index (χ0v) is 17.6. The van der Waals surface area contributed by atoms with Gasteiger partial charge in [-0.2, -0.15) is 11.8 Å². The first-order chi connectivity index (χ1) is 11.4. The maximum atomic E-state index is 12.3. The fourth-order valence-corrected chi connectivity index (χ4v) is 3.13. The Kier molecular flexibility index (Phi) is 7.82. The molecule has 0 heterocycles. The minimum Gasteiger partial charge on any atom is -0.497 e. The van der Waals surface area contributed by atoms with Crippen LogP contribution in [0.3, 0.4) is 0 Å². The maximum Gasteiger partial charge on any atom is 0.323 e. The number of carbonyl (C=O) groups is 1. The molecule has 25 heavy (non-hydrogen) atoms. The highest BCUT2D eigenvalue weighted by molar-refractivity contribution is 8.00. The molecule has 1 unspecified atom stereocenters. The molecule has 4 nitrogen and oxygen atoms in total. The fraction of sp³-hybridized carbons (Fsp3) is 0.650. The van der Waals surface area contributed by atoms with Gasteiger partial charge in [-0.05, 0) is 45.4 Å². The summed E-state index contributed by atoms with van der Waals surface area (Å²) >= 11 is 1.87. The van der Waals surface area contributed by atoms with Gasteiger partial charge >= 0.3 is 5.97 Å². The van der Waals surface area contributed by atoms with E-state index in [9.17, 15) is 4.79 Å². The van der Waals surface area contributed by atoms with Gasteiger partial charge in [0.1, 0.15) is 17.4 Å². The Balaban J connectivity index is 2.87. The van der Waals surface area contributed by atoms with Gasteiger partial charge in [-0.15, -0.1) is 0 Å². The normalized spacial score (nSPS) is 14.7. The van der Waals surface area contributed by atoms with Crippen molar-refractivity contribution < 1.29 is 14.3 Å². The van der Waals surface area contributed by atoms with Crippen molar-refractivity contribution in [3.05, 3.63) is 29.8 Å². The molecule has 1 N–H and O–H groups in total. The van der Waals surface area contributed by atoms with E-state index >= 15 is 0 Å². The van der Waals surface area contributed by atoms with Gasteiger partial charge in [0, 0.05) is 16.5 Å². The molecule has 0 aliphatic carbocycles. The molecular formula is C20H33NO3S. The van der Waals surface area contributed by atoms with Crippen LogP contribution in [0, 0.1) is 0 Å². The van der Waals surface area contributed by atoms with Crippen molar-refractivity contribution in [1.82, 2.24) is 5.32 Å². The molecule has 1 aromatic carbocycles. The van der Waals surface area contributed by atoms with Crippen molar-refractivity contribution in [3.63, 3.8) is 0 Å². The second kappa shape index (κ2) is 8.95. The fourth-order valence-electron chi connectivity index (χ4n) is 2.17. The Morgan fingerprint density at radius 2 is 1.68 bits per heavy atom. The Morgan fingerprint density at radius 3 is 2.12 bits per heavy atom. The van der Waals surface area contributed by atoms with Crippen LogP contribution in [0.15, 0.2) is 24.3 Å². The lowest BCUT2D eigenvalue weighted by Gasteiger charge is -2.28. The highest BCUT2D eigenvalue weighted by Gasteiger charge is 2.25. The van der Waals surface area contributed by atoms with Gasteiger partial charge in [0.05, 0.1) is 7.11 Å². The van der Waals surface area contributed by atoms with Crippen molar-refractivity contribution in [2.24, 2.45) is 0 Å². The number of nitrogens with one attached hydrogen (secondary N) is 1. The van der Waals surface area contributed by atoms with E-state index in [1.54, 1.807) is 7.11 Å². The lowest BCUT2D eigenvalue weighted by Crippen LogP contribution is -2.41. The Hall–Kier alpha value is -1.20. The third kappa shape index (κ3) is 8.63. The number of hydrogen-bond acceptors (Lipinski definition) is 5. The van der Waals surface area contributed by atoms with Crippen LogP contribution in [-0.4, -0.2) is 35.2 Å². The molecule has 0 amide bonds. The number of rotatable bonds is 7. The molecule has 0 aliphatic heterocycles. The molecule has 0 saturated heterocycles. The van der Waals surface area contributed by atoms with Gasteiger partial charge in [-0.1, -0.05) is 32.9 Å². The van der Waals surface area contributed by atoms with Gasteiger partial charge in [-0.3, -0.25) is 10.1 Å². The van der Waals surface area contributed by atoms with E-state index in [2.05, 4.69) is 26.1 Å². The van der Waals surface area contributed by atoms with E-state index < -0.39 is 5.60 Å². The molecule has 0 fully saturated rings. The van der Waals surface area contributed by atoms with Crippen LogP contribution in [-0.2, 0) is 9.53 Å². The average Bonchev–Trinajstić information content (AvgIpc) is 2.48. The summed E-state index contributed by atoms with van der Waals surface area (Å²) in [6.45, 7) is 14.1. The highest BCUT2D eigenvalue weighted by Crippen LogP contribution is 2.29. The van der Waals surface area contributed by atoms with Gasteiger partial charge in [0.15, 0.2) is 0 Å². The van der Waals surface area contributed by atoms with Crippen molar-refractivity contribution in [2.45, 2.75) is 70.9 Å². The lowest BCUT2D eigenvalue weighted by molar-refractivity contribution is -0.157. The van der Waals surface area contributed by atoms with Crippen LogP contribution >= 0.6 is 11.8 Å². The summed E-state index contributed by atoms with van der Waals surface area (Å²) in [5.74, 6) is 1.46. The minimum atomic E-state index is -0.483. The average molecular weight is 368 g/mol. The van der Waals surface area contributed by atoms with Crippen LogP contribution in [0.1, 0.15) is 60.1 Å². The summed E-state index contributed by atoms with van der Waals surface area (Å²) in [5, 5.41) is 3.43. The summed E-state index contributed by atoms with van der Waals surface area (Å²) in [4.78, 5) is 12.3. The number of ether oxygens (including phenoxy) is 2. The summed E-state index contributed by atoms with van der Waals surface area (Å²) in [6.07, 6.45) is 0. The second-order valence-electron chi connectivity index (χ2n) is 8.17. The van der Waals surface area contributed by atoms with Gasteiger partial charge in [0.2, 0.25) is 0 Å². The molecule has 0 aliphatic rings. The lowest BCUT2D eigenvalue weighted by atomic mass is 10.1.